The van der Waals surface area contributed by atoms with Crippen LogP contribution in [0.4, 0.5) is 43.3 Å². The van der Waals surface area contributed by atoms with Crippen LogP contribution in [0.5, 0.6) is 0 Å². The fourth-order valence-electron chi connectivity index (χ4n) is 7.90. The van der Waals surface area contributed by atoms with Crippen molar-refractivity contribution in [3.05, 3.63) is 94.7 Å². The number of hydrogen-bond donors (Lipinski definition) is 5. The molecule has 4 heterocycles. The number of aryl methyl sites for hydroxylation is 1. The van der Waals surface area contributed by atoms with Crippen molar-refractivity contribution in [3.63, 3.8) is 0 Å². The number of likely N-dealkylation sites (tertiary alicyclic amines) is 1. The van der Waals surface area contributed by atoms with Gasteiger partial charge in [0.15, 0.2) is 0 Å². The van der Waals surface area contributed by atoms with Gasteiger partial charge in [-0.1, -0.05) is 24.6 Å². The van der Waals surface area contributed by atoms with Gasteiger partial charge in [-0.25, -0.2) is 22.2 Å². The summed E-state index contributed by atoms with van der Waals surface area (Å²) in [5.74, 6) is -1.18. The molecule has 3 amide bonds. The molecule has 3 aromatic carbocycles. The average Bonchev–Trinajstić information content (AvgIpc) is 3.54. The van der Waals surface area contributed by atoms with Gasteiger partial charge in [-0.05, 0) is 133 Å². The highest BCUT2D eigenvalue weighted by atomic mass is 32.2. The SMILES string of the molecule is Cc1cnc(Nc2ccc(C3CCN(CCCCCNc4cccc5c4C(=O)N(C4CCC(=O)NC4=O)C5)CC3)c(F)c2)nc1Nc1ccc(F)c(NS(=O)(=O)C(C)(C)C)c1. The van der Waals surface area contributed by atoms with Gasteiger partial charge in [-0.3, -0.25) is 24.4 Å². The molecule has 4 aromatic rings. The molecule has 0 bridgehead atoms. The number of imide groups is 1. The zero-order valence-electron chi connectivity index (χ0n) is 34.9. The molecule has 2 saturated heterocycles. The minimum Gasteiger partial charge on any atom is -0.384 e. The third-order valence-corrected chi connectivity index (χ3v) is 13.7. The lowest BCUT2D eigenvalue weighted by Gasteiger charge is -2.32. The van der Waals surface area contributed by atoms with Crippen molar-refractivity contribution in [3.8, 4) is 0 Å². The van der Waals surface area contributed by atoms with Crippen LogP contribution in [0.15, 0.2) is 60.8 Å². The van der Waals surface area contributed by atoms with Crippen LogP contribution in [0.3, 0.4) is 0 Å². The Labute approximate surface area is 355 Å². The number of unbranched alkanes of at least 4 members (excludes halogenated alkanes) is 2. The quantitative estimate of drug-likeness (QED) is 0.0598. The minimum atomic E-state index is -3.86. The van der Waals surface area contributed by atoms with Gasteiger partial charge in [0.05, 0.1) is 16.0 Å². The number of halogens is 2. The summed E-state index contributed by atoms with van der Waals surface area (Å²) >= 11 is 0. The van der Waals surface area contributed by atoms with E-state index in [0.717, 1.165) is 63.0 Å². The molecule has 0 radical (unpaired) electrons. The van der Waals surface area contributed by atoms with E-state index in [2.05, 4.69) is 40.9 Å². The molecular formula is C44H53F2N9O5S. The van der Waals surface area contributed by atoms with Crippen LogP contribution in [-0.4, -0.2) is 82.9 Å². The molecule has 17 heteroatoms. The molecule has 14 nitrogen and oxygen atoms in total. The molecule has 2 fully saturated rings. The second kappa shape index (κ2) is 18.1. The first-order chi connectivity index (χ1) is 29.1. The third-order valence-electron chi connectivity index (χ3n) is 11.6. The van der Waals surface area contributed by atoms with E-state index in [-0.39, 0.29) is 41.6 Å². The van der Waals surface area contributed by atoms with Gasteiger partial charge in [0, 0.05) is 48.3 Å². The predicted octanol–water partition coefficient (Wildman–Crippen LogP) is 7.31. The Kier molecular flexibility index (Phi) is 12.9. The molecule has 7 rings (SSSR count). The van der Waals surface area contributed by atoms with Crippen molar-refractivity contribution in [1.29, 1.82) is 0 Å². The number of amides is 3. The molecular weight excluding hydrogens is 805 g/mol. The first-order valence-electron chi connectivity index (χ1n) is 20.8. The number of fused-ring (bicyclic) bond motifs is 1. The Morgan fingerprint density at radius 2 is 1.64 bits per heavy atom. The summed E-state index contributed by atoms with van der Waals surface area (Å²) in [6, 6.07) is 14.2. The second-order valence-corrected chi connectivity index (χ2v) is 19.4. The van der Waals surface area contributed by atoms with Crippen molar-refractivity contribution in [2.24, 2.45) is 0 Å². The van der Waals surface area contributed by atoms with Crippen LogP contribution in [0.25, 0.3) is 0 Å². The van der Waals surface area contributed by atoms with E-state index in [1.165, 1.54) is 45.0 Å². The number of nitrogens with zero attached hydrogens (tertiary/aromatic N) is 4. The zero-order chi connectivity index (χ0) is 43.5. The molecule has 1 atom stereocenters. The van der Waals surface area contributed by atoms with Gasteiger partial charge in [-0.15, -0.1) is 0 Å². The van der Waals surface area contributed by atoms with Crippen LogP contribution in [0.2, 0.25) is 0 Å². The van der Waals surface area contributed by atoms with Gasteiger partial charge in [0.2, 0.25) is 27.8 Å². The summed E-state index contributed by atoms with van der Waals surface area (Å²) < 4.78 is 56.6. The van der Waals surface area contributed by atoms with E-state index in [1.54, 1.807) is 18.0 Å². The van der Waals surface area contributed by atoms with Gasteiger partial charge in [0.1, 0.15) is 23.5 Å². The fraction of sp³-hybridized carbons (Fsp3) is 0.432. The average molecular weight is 858 g/mol. The molecule has 0 spiro atoms. The number of benzene rings is 3. The molecule has 1 aromatic heterocycles. The topological polar surface area (TPSA) is 178 Å². The number of piperidine rings is 2. The van der Waals surface area contributed by atoms with Crippen molar-refractivity contribution in [2.45, 2.75) is 95.9 Å². The van der Waals surface area contributed by atoms with E-state index in [1.807, 2.05) is 30.3 Å². The normalized spacial score (nSPS) is 17.6. The van der Waals surface area contributed by atoms with E-state index < -0.39 is 32.5 Å². The lowest BCUT2D eigenvalue weighted by molar-refractivity contribution is -0.136. The van der Waals surface area contributed by atoms with Crippen LogP contribution in [0, 0.1) is 18.6 Å². The number of aromatic nitrogens is 2. The summed E-state index contributed by atoms with van der Waals surface area (Å²) in [6.45, 7) is 10.2. The Morgan fingerprint density at radius 1 is 0.885 bits per heavy atom. The zero-order valence-corrected chi connectivity index (χ0v) is 35.7. The fourth-order valence-corrected chi connectivity index (χ4v) is 8.65. The van der Waals surface area contributed by atoms with E-state index >= 15 is 4.39 Å². The van der Waals surface area contributed by atoms with Crippen LogP contribution in [0.1, 0.15) is 98.7 Å². The van der Waals surface area contributed by atoms with Crippen molar-refractivity contribution in [1.82, 2.24) is 25.1 Å². The van der Waals surface area contributed by atoms with E-state index in [4.69, 9.17) is 0 Å². The van der Waals surface area contributed by atoms with E-state index in [0.29, 0.717) is 53.4 Å². The molecule has 61 heavy (non-hydrogen) atoms. The molecule has 0 aliphatic carbocycles. The molecule has 0 saturated carbocycles. The summed E-state index contributed by atoms with van der Waals surface area (Å²) in [7, 11) is -3.86. The summed E-state index contributed by atoms with van der Waals surface area (Å²) in [5, 5.41) is 12.0. The van der Waals surface area contributed by atoms with Crippen LogP contribution < -0.4 is 26.0 Å². The van der Waals surface area contributed by atoms with Gasteiger partial charge < -0.3 is 25.8 Å². The highest BCUT2D eigenvalue weighted by Crippen LogP contribution is 2.34. The van der Waals surface area contributed by atoms with E-state index in [9.17, 15) is 27.2 Å². The Morgan fingerprint density at radius 3 is 2.38 bits per heavy atom. The van der Waals surface area contributed by atoms with Gasteiger partial charge in [-0.2, -0.15) is 4.98 Å². The number of rotatable bonds is 15. The lowest BCUT2D eigenvalue weighted by atomic mass is 9.89. The monoisotopic (exact) mass is 857 g/mol. The van der Waals surface area contributed by atoms with Crippen LogP contribution in [-0.2, 0) is 26.2 Å². The van der Waals surface area contributed by atoms with Crippen molar-refractivity contribution < 1.29 is 31.6 Å². The summed E-state index contributed by atoms with van der Waals surface area (Å²) in [5.41, 5.74) is 4.32. The number of anilines is 6. The van der Waals surface area contributed by atoms with Crippen molar-refractivity contribution in [2.75, 3.05) is 46.9 Å². The lowest BCUT2D eigenvalue weighted by Crippen LogP contribution is -2.52. The highest BCUT2D eigenvalue weighted by Gasteiger charge is 2.40. The number of sulfonamides is 1. The molecule has 5 N–H and O–H groups in total. The summed E-state index contributed by atoms with van der Waals surface area (Å²) in [6.07, 6.45) is 6.83. The smallest absolute Gasteiger partial charge is 0.257 e. The number of carbonyl (C=O) groups excluding carboxylic acids is 3. The molecule has 324 valence electrons. The minimum absolute atomic E-state index is 0.107. The second-order valence-electron chi connectivity index (χ2n) is 17.0. The molecule has 3 aliphatic heterocycles. The first kappa shape index (κ1) is 43.4. The maximum Gasteiger partial charge on any atom is 0.257 e. The standard InChI is InChI=1S/C44H53F2N9O5S/c1-27-25-48-43(52-40(27)49-31-12-14-33(45)36(24-31)53-61(59,60)44(2,3)4)50-30-11-13-32(34(46)23-30)28-17-21-54(22-18-28)20-7-5-6-19-47-35-10-8-9-29-26-55(42(58)39(29)35)37-15-16-38(56)51-41(37)57/h8-14,23-25,28,37,47,53H,5-7,15-22,26H2,1-4H3,(H,51,56,57)(H2,48,49,50,52). The maximum absolute atomic E-state index is 15.6. The number of nitrogens with one attached hydrogen (secondary N) is 5. The molecule has 3 aliphatic rings. The number of hydrogen-bond acceptors (Lipinski definition) is 11. The maximum atomic E-state index is 15.6. The number of carbonyl (C=O) groups is 3. The predicted molar refractivity (Wildman–Crippen MR) is 232 cm³/mol. The first-order valence-corrected chi connectivity index (χ1v) is 22.3. The Balaban J connectivity index is 0.848. The van der Waals surface area contributed by atoms with Gasteiger partial charge >= 0.3 is 0 Å². The Bertz CT molecular complexity index is 2420. The molecule has 1 unspecified atom stereocenters. The Hall–Kier alpha value is -5.68. The largest absolute Gasteiger partial charge is 0.384 e. The van der Waals surface area contributed by atoms with Gasteiger partial charge in [0.25, 0.3) is 5.91 Å². The van der Waals surface area contributed by atoms with Crippen molar-refractivity contribution >= 4 is 62.3 Å². The summed E-state index contributed by atoms with van der Waals surface area (Å²) in [4.78, 5) is 50.3. The highest BCUT2D eigenvalue weighted by molar-refractivity contribution is 7.94. The van der Waals surface area contributed by atoms with Crippen LogP contribution >= 0.6 is 0 Å². The third kappa shape index (κ3) is 10.1.